The summed E-state index contributed by atoms with van der Waals surface area (Å²) in [6.45, 7) is 1.65. The van der Waals surface area contributed by atoms with Gasteiger partial charge in [0.15, 0.2) is 17.2 Å². The highest BCUT2D eigenvalue weighted by Crippen LogP contribution is 2.29. The van der Waals surface area contributed by atoms with Gasteiger partial charge in [0, 0.05) is 0 Å². The van der Waals surface area contributed by atoms with Crippen molar-refractivity contribution in [3.8, 4) is 16.8 Å². The van der Waals surface area contributed by atoms with E-state index in [1.807, 2.05) is 29.6 Å². The quantitative estimate of drug-likeness (QED) is 0.509. The van der Waals surface area contributed by atoms with Gasteiger partial charge in [0.05, 0.1) is 10.9 Å². The molecule has 0 spiro atoms. The van der Waals surface area contributed by atoms with Gasteiger partial charge >= 0.3 is 0 Å². The molecular formula is C18H11N3O3S. The summed E-state index contributed by atoms with van der Waals surface area (Å²) in [7, 11) is 0. The number of ketones is 1. The maximum atomic E-state index is 12.8. The smallest absolute Gasteiger partial charge is 0.237 e. The summed E-state index contributed by atoms with van der Waals surface area (Å²) in [5, 5.41) is 11.4. The number of fused-ring (bicyclic) bond motifs is 1. The Hall–Kier alpha value is -3.24. The second-order valence-corrected chi connectivity index (χ2v) is 6.29. The summed E-state index contributed by atoms with van der Waals surface area (Å²) in [5.41, 5.74) is 1.25. The van der Waals surface area contributed by atoms with E-state index in [9.17, 15) is 10.1 Å². The third kappa shape index (κ3) is 2.62. The van der Waals surface area contributed by atoms with E-state index in [1.54, 1.807) is 25.1 Å². The van der Waals surface area contributed by atoms with Crippen molar-refractivity contribution in [2.45, 2.75) is 12.8 Å². The first-order valence-electron chi connectivity index (χ1n) is 7.48. The molecule has 0 N–H and O–H groups in total. The van der Waals surface area contributed by atoms with Gasteiger partial charge in [-0.2, -0.15) is 5.26 Å². The van der Waals surface area contributed by atoms with Crippen molar-refractivity contribution in [3.63, 3.8) is 0 Å². The third-order valence-corrected chi connectivity index (χ3v) is 4.57. The normalized spacial score (nSPS) is 12.2. The molecule has 0 radical (unpaired) electrons. The number of oxazole rings is 2. The minimum Gasteiger partial charge on any atom is -0.440 e. The Balaban J connectivity index is 1.72. The van der Waals surface area contributed by atoms with Gasteiger partial charge in [-0.1, -0.05) is 18.2 Å². The molecule has 0 aliphatic carbocycles. The molecule has 122 valence electrons. The van der Waals surface area contributed by atoms with E-state index >= 15 is 0 Å². The van der Waals surface area contributed by atoms with Gasteiger partial charge in [0.1, 0.15) is 11.3 Å². The van der Waals surface area contributed by atoms with E-state index < -0.39 is 11.7 Å². The van der Waals surface area contributed by atoms with E-state index in [2.05, 4.69) is 9.97 Å². The molecule has 1 atom stereocenters. The fraction of sp³-hybridized carbons (Fsp3) is 0.111. The van der Waals surface area contributed by atoms with E-state index in [-0.39, 0.29) is 11.6 Å². The summed E-state index contributed by atoms with van der Waals surface area (Å²) in [6, 6.07) is 12.8. The highest BCUT2D eigenvalue weighted by atomic mass is 32.1. The first kappa shape index (κ1) is 15.3. The molecule has 0 saturated heterocycles. The molecule has 3 heterocycles. The largest absolute Gasteiger partial charge is 0.440 e. The zero-order chi connectivity index (χ0) is 17.4. The minimum absolute atomic E-state index is 0.0637. The second-order valence-electron chi connectivity index (χ2n) is 5.35. The monoisotopic (exact) mass is 349 g/mol. The number of benzene rings is 1. The van der Waals surface area contributed by atoms with Crippen LogP contribution in [0.3, 0.4) is 0 Å². The Labute approximate surface area is 146 Å². The highest BCUT2D eigenvalue weighted by Gasteiger charge is 2.31. The first-order valence-corrected chi connectivity index (χ1v) is 8.36. The number of nitrogens with zero attached hydrogens (tertiary/aromatic N) is 3. The fourth-order valence-corrected chi connectivity index (χ4v) is 3.16. The number of carbonyl (C=O) groups excluding carboxylic acids is 1. The highest BCUT2D eigenvalue weighted by molar-refractivity contribution is 7.13. The van der Waals surface area contributed by atoms with Crippen LogP contribution < -0.4 is 0 Å². The van der Waals surface area contributed by atoms with Crippen molar-refractivity contribution >= 4 is 28.2 Å². The average Bonchev–Trinajstić information content (AvgIpc) is 3.34. The predicted molar refractivity (Wildman–Crippen MR) is 91.2 cm³/mol. The van der Waals surface area contributed by atoms with Crippen LogP contribution in [0.4, 0.5) is 0 Å². The van der Waals surface area contributed by atoms with Crippen LogP contribution in [0.2, 0.25) is 0 Å². The Kier molecular flexibility index (Phi) is 3.67. The van der Waals surface area contributed by atoms with Gasteiger partial charge in [-0.3, -0.25) is 4.79 Å². The van der Waals surface area contributed by atoms with Crippen molar-refractivity contribution in [1.82, 2.24) is 9.97 Å². The lowest BCUT2D eigenvalue weighted by molar-refractivity contribution is 0.0964. The molecule has 1 aromatic carbocycles. The molecule has 0 amide bonds. The first-order chi connectivity index (χ1) is 12.2. The minimum atomic E-state index is -1.17. The van der Waals surface area contributed by atoms with Gasteiger partial charge in [-0.15, -0.1) is 11.3 Å². The molecule has 1 unspecified atom stereocenters. The molecule has 0 bridgehead atoms. The number of aryl methyl sites for hydroxylation is 1. The number of para-hydroxylation sites is 2. The van der Waals surface area contributed by atoms with Crippen LogP contribution in [-0.4, -0.2) is 15.8 Å². The number of thiophene rings is 1. The molecule has 4 aromatic rings. The Morgan fingerprint density at radius 2 is 2.04 bits per heavy atom. The average molecular weight is 349 g/mol. The molecule has 4 rings (SSSR count). The Morgan fingerprint density at radius 1 is 1.20 bits per heavy atom. The zero-order valence-electron chi connectivity index (χ0n) is 13.1. The maximum absolute atomic E-state index is 12.8. The molecule has 0 saturated carbocycles. The Morgan fingerprint density at radius 3 is 2.76 bits per heavy atom. The van der Waals surface area contributed by atoms with Gasteiger partial charge in [-0.25, -0.2) is 9.97 Å². The fourth-order valence-electron chi connectivity index (χ4n) is 2.51. The number of aromatic nitrogens is 2. The van der Waals surface area contributed by atoms with Gasteiger partial charge in [0.25, 0.3) is 0 Å². The van der Waals surface area contributed by atoms with E-state index in [1.165, 1.54) is 11.3 Å². The molecule has 0 aliphatic heterocycles. The van der Waals surface area contributed by atoms with Gasteiger partial charge in [-0.05, 0) is 30.5 Å². The summed E-state index contributed by atoms with van der Waals surface area (Å²) >= 11 is 1.46. The summed E-state index contributed by atoms with van der Waals surface area (Å²) in [4.78, 5) is 22.2. The number of Topliss-reactive ketones (excluding diaryl/α,β-unsaturated/α-hetero) is 1. The lowest BCUT2D eigenvalue weighted by atomic mass is 10.0. The van der Waals surface area contributed by atoms with Crippen LogP contribution in [0.15, 0.2) is 50.6 Å². The zero-order valence-corrected chi connectivity index (χ0v) is 13.9. The number of carbonyl (C=O) groups is 1. The van der Waals surface area contributed by atoms with Gasteiger partial charge < -0.3 is 8.83 Å². The van der Waals surface area contributed by atoms with Crippen molar-refractivity contribution in [2.24, 2.45) is 0 Å². The topological polar surface area (TPSA) is 92.9 Å². The number of nitriles is 1. The molecule has 0 fully saturated rings. The summed E-state index contributed by atoms with van der Waals surface area (Å²) in [5.74, 6) is -0.867. The van der Waals surface area contributed by atoms with Crippen LogP contribution in [0.1, 0.15) is 28.1 Å². The number of hydrogen-bond acceptors (Lipinski definition) is 7. The molecule has 6 nitrogen and oxygen atoms in total. The molecule has 7 heteroatoms. The Bertz CT molecular complexity index is 1070. The van der Waals surface area contributed by atoms with Crippen LogP contribution in [0.25, 0.3) is 21.9 Å². The van der Waals surface area contributed by atoms with Crippen molar-refractivity contribution in [3.05, 3.63) is 59.1 Å². The van der Waals surface area contributed by atoms with E-state index in [0.29, 0.717) is 22.8 Å². The molecular weight excluding hydrogens is 338 g/mol. The SMILES string of the molecule is Cc1oc(-c2cccs2)nc1C(=O)C(C#N)c1nc2ccccc2o1. The number of rotatable bonds is 4. The molecule has 3 aromatic heterocycles. The van der Waals surface area contributed by atoms with E-state index in [4.69, 9.17) is 8.83 Å². The summed E-state index contributed by atoms with van der Waals surface area (Å²) in [6.07, 6.45) is 0. The lowest BCUT2D eigenvalue weighted by Gasteiger charge is -2.01. The van der Waals surface area contributed by atoms with Crippen LogP contribution in [0, 0.1) is 18.3 Å². The van der Waals surface area contributed by atoms with Crippen LogP contribution >= 0.6 is 11.3 Å². The van der Waals surface area contributed by atoms with Crippen LogP contribution in [-0.2, 0) is 0 Å². The van der Waals surface area contributed by atoms with Crippen molar-refractivity contribution in [1.29, 1.82) is 5.26 Å². The lowest BCUT2D eigenvalue weighted by Crippen LogP contribution is -2.13. The van der Waals surface area contributed by atoms with Crippen LogP contribution in [0.5, 0.6) is 0 Å². The van der Waals surface area contributed by atoms with E-state index in [0.717, 1.165) is 4.88 Å². The molecule has 0 aliphatic rings. The summed E-state index contributed by atoms with van der Waals surface area (Å²) < 4.78 is 11.2. The third-order valence-electron chi connectivity index (χ3n) is 3.71. The molecule has 25 heavy (non-hydrogen) atoms. The number of hydrogen-bond donors (Lipinski definition) is 0. The van der Waals surface area contributed by atoms with Gasteiger partial charge in [0.2, 0.25) is 17.6 Å². The maximum Gasteiger partial charge on any atom is 0.237 e. The standard InChI is InChI=1S/C18H11N3O3S/c1-10-15(21-18(23-10)14-7-4-8-25-14)16(22)11(9-19)17-20-12-5-2-3-6-13(12)24-17/h2-8,11H,1H3. The van der Waals surface area contributed by atoms with Crippen molar-refractivity contribution in [2.75, 3.05) is 0 Å². The predicted octanol–water partition coefficient (Wildman–Crippen LogP) is 4.34. The van der Waals surface area contributed by atoms with Crippen molar-refractivity contribution < 1.29 is 13.6 Å². The second kappa shape index (κ2) is 6.00.